The van der Waals surface area contributed by atoms with Crippen molar-refractivity contribution in [1.29, 1.82) is 0 Å². The van der Waals surface area contributed by atoms with Crippen LogP contribution in [0.3, 0.4) is 0 Å². The highest BCUT2D eigenvalue weighted by molar-refractivity contribution is 7.92. The number of benzene rings is 2. The molecular formula is C21H17N7O4S. The molecule has 4 rings (SSSR count). The Labute approximate surface area is 187 Å². The van der Waals surface area contributed by atoms with Crippen molar-refractivity contribution >= 4 is 33.3 Å². The summed E-state index contributed by atoms with van der Waals surface area (Å²) < 4.78 is 28.0. The summed E-state index contributed by atoms with van der Waals surface area (Å²) in [6.07, 6.45) is 2.83. The third kappa shape index (κ3) is 4.75. The minimum atomic E-state index is -3.89. The van der Waals surface area contributed by atoms with Crippen LogP contribution in [0.5, 0.6) is 0 Å². The predicted molar refractivity (Wildman–Crippen MR) is 119 cm³/mol. The molecule has 0 atom stereocenters. The molecule has 2 heterocycles. The van der Waals surface area contributed by atoms with Crippen LogP contribution in [0.2, 0.25) is 0 Å². The molecule has 11 nitrogen and oxygen atoms in total. The summed E-state index contributed by atoms with van der Waals surface area (Å²) >= 11 is 0. The molecule has 2 N–H and O–H groups in total. The van der Waals surface area contributed by atoms with Gasteiger partial charge in [0.25, 0.3) is 15.9 Å². The molecule has 4 aromatic rings. The lowest BCUT2D eigenvalue weighted by Gasteiger charge is -2.05. The summed E-state index contributed by atoms with van der Waals surface area (Å²) in [5, 5.41) is 10.6. The van der Waals surface area contributed by atoms with Crippen molar-refractivity contribution in [2.75, 3.05) is 4.72 Å². The number of aromatic amines is 1. The number of aromatic nitrogens is 4. The lowest BCUT2D eigenvalue weighted by Crippen LogP contribution is -2.25. The standard InChI is InChI=1S/C21H17N7O4S/c1-14-18(20(30)28(26-14)19(29)15-6-3-2-4-7-15)25-24-16-8-10-17(11-9-16)33(31,32)27-21-22-12-5-13-23-21/h2-13,26H,1H3,(H,22,23,27). The van der Waals surface area contributed by atoms with Gasteiger partial charge in [-0.25, -0.2) is 23.1 Å². The second-order valence-electron chi connectivity index (χ2n) is 6.77. The molecule has 0 spiro atoms. The molecule has 0 aliphatic heterocycles. The molecule has 0 aliphatic carbocycles. The quantitative estimate of drug-likeness (QED) is 0.419. The Balaban J connectivity index is 1.54. The van der Waals surface area contributed by atoms with Crippen LogP contribution in [0.25, 0.3) is 0 Å². The maximum atomic E-state index is 12.6. The second-order valence-corrected chi connectivity index (χ2v) is 8.45. The first-order chi connectivity index (χ1) is 15.8. The summed E-state index contributed by atoms with van der Waals surface area (Å²) in [6.45, 7) is 1.59. The van der Waals surface area contributed by atoms with E-state index in [4.69, 9.17) is 0 Å². The molecule has 0 radical (unpaired) electrons. The van der Waals surface area contributed by atoms with Gasteiger partial charge in [0.15, 0.2) is 5.69 Å². The number of hydrogen-bond acceptors (Lipinski definition) is 8. The molecule has 0 unspecified atom stereocenters. The summed E-state index contributed by atoms with van der Waals surface area (Å²) in [7, 11) is -3.89. The van der Waals surface area contributed by atoms with E-state index in [-0.39, 0.29) is 16.5 Å². The molecule has 12 heteroatoms. The zero-order valence-electron chi connectivity index (χ0n) is 17.2. The molecule has 166 valence electrons. The molecule has 0 fully saturated rings. The Bertz CT molecular complexity index is 1480. The number of aryl methyl sites for hydroxylation is 1. The van der Waals surface area contributed by atoms with Gasteiger partial charge in [-0.05, 0) is 49.4 Å². The number of anilines is 1. The molecule has 2 aromatic heterocycles. The van der Waals surface area contributed by atoms with Gasteiger partial charge in [-0.2, -0.15) is 9.80 Å². The summed E-state index contributed by atoms with van der Waals surface area (Å²) in [6, 6.07) is 15.4. The van der Waals surface area contributed by atoms with Gasteiger partial charge < -0.3 is 0 Å². The van der Waals surface area contributed by atoms with Gasteiger partial charge in [-0.15, -0.1) is 5.11 Å². The Morgan fingerprint density at radius 1 is 0.970 bits per heavy atom. The zero-order valence-corrected chi connectivity index (χ0v) is 18.0. The van der Waals surface area contributed by atoms with Crippen LogP contribution in [-0.2, 0) is 10.0 Å². The molecule has 2 aromatic carbocycles. The summed E-state index contributed by atoms with van der Waals surface area (Å²) in [5.74, 6) is -0.569. The number of nitrogens with one attached hydrogen (secondary N) is 2. The Morgan fingerprint density at radius 3 is 2.30 bits per heavy atom. The zero-order chi connectivity index (χ0) is 23.4. The van der Waals surface area contributed by atoms with Crippen molar-refractivity contribution in [3.05, 3.63) is 94.7 Å². The van der Waals surface area contributed by atoms with Crippen molar-refractivity contribution in [2.45, 2.75) is 11.8 Å². The fraction of sp³-hybridized carbons (Fsp3) is 0.0476. The van der Waals surface area contributed by atoms with Gasteiger partial charge in [0.05, 0.1) is 16.3 Å². The van der Waals surface area contributed by atoms with Crippen molar-refractivity contribution in [3.63, 3.8) is 0 Å². The molecule has 0 amide bonds. The Hall–Kier alpha value is -4.45. The second kappa shape index (κ2) is 8.96. The average molecular weight is 463 g/mol. The predicted octanol–water partition coefficient (Wildman–Crippen LogP) is 3.18. The molecule has 0 saturated carbocycles. The van der Waals surface area contributed by atoms with E-state index in [1.165, 1.54) is 36.7 Å². The minimum Gasteiger partial charge on any atom is -0.290 e. The van der Waals surface area contributed by atoms with E-state index < -0.39 is 21.5 Å². The van der Waals surface area contributed by atoms with Crippen molar-refractivity contribution in [2.24, 2.45) is 10.2 Å². The van der Waals surface area contributed by atoms with Gasteiger partial charge in [0, 0.05) is 18.0 Å². The molecule has 33 heavy (non-hydrogen) atoms. The van der Waals surface area contributed by atoms with Gasteiger partial charge >= 0.3 is 5.56 Å². The number of rotatable bonds is 6. The lowest BCUT2D eigenvalue weighted by atomic mass is 10.2. The SMILES string of the molecule is Cc1[nH]n(C(=O)c2ccccc2)c(=O)c1N=Nc1ccc(S(=O)(=O)Nc2ncccn2)cc1. The van der Waals surface area contributed by atoms with Gasteiger partial charge in [0.2, 0.25) is 5.95 Å². The van der Waals surface area contributed by atoms with Crippen molar-refractivity contribution < 1.29 is 13.2 Å². The number of carbonyl (C=O) groups is 1. The first-order valence-electron chi connectivity index (χ1n) is 9.58. The van der Waals surface area contributed by atoms with E-state index in [0.29, 0.717) is 16.9 Å². The maximum absolute atomic E-state index is 12.6. The van der Waals surface area contributed by atoms with Crippen LogP contribution in [0.4, 0.5) is 17.3 Å². The van der Waals surface area contributed by atoms with Crippen LogP contribution in [0.15, 0.2) is 93.0 Å². The molecule has 0 aliphatic rings. The number of sulfonamides is 1. The number of hydrogen-bond donors (Lipinski definition) is 2. The number of carbonyl (C=O) groups excluding carboxylic acids is 1. The fourth-order valence-corrected chi connectivity index (χ4v) is 3.80. The van der Waals surface area contributed by atoms with E-state index in [2.05, 4.69) is 30.0 Å². The van der Waals surface area contributed by atoms with Gasteiger partial charge in [0.1, 0.15) is 0 Å². The first kappa shape index (κ1) is 21.8. The monoisotopic (exact) mass is 463 g/mol. The van der Waals surface area contributed by atoms with E-state index in [1.54, 1.807) is 43.3 Å². The van der Waals surface area contributed by atoms with Crippen molar-refractivity contribution in [1.82, 2.24) is 19.7 Å². The van der Waals surface area contributed by atoms with E-state index in [9.17, 15) is 18.0 Å². The van der Waals surface area contributed by atoms with Crippen LogP contribution >= 0.6 is 0 Å². The fourth-order valence-electron chi connectivity index (χ4n) is 2.84. The molecule has 0 saturated heterocycles. The Kier molecular flexibility index (Phi) is 5.91. The van der Waals surface area contributed by atoms with E-state index >= 15 is 0 Å². The number of H-pyrrole nitrogens is 1. The number of nitrogens with zero attached hydrogens (tertiary/aromatic N) is 5. The normalized spacial score (nSPS) is 11.5. The third-order valence-electron chi connectivity index (χ3n) is 4.47. The van der Waals surface area contributed by atoms with E-state index in [0.717, 1.165) is 4.68 Å². The highest BCUT2D eigenvalue weighted by Gasteiger charge is 2.18. The third-order valence-corrected chi connectivity index (χ3v) is 5.81. The summed E-state index contributed by atoms with van der Waals surface area (Å²) in [5.41, 5.74) is 0.344. The van der Waals surface area contributed by atoms with Crippen LogP contribution < -0.4 is 10.3 Å². The first-order valence-corrected chi connectivity index (χ1v) is 11.1. The maximum Gasteiger partial charge on any atom is 0.302 e. The highest BCUT2D eigenvalue weighted by atomic mass is 32.2. The molecule has 0 bridgehead atoms. The van der Waals surface area contributed by atoms with Gasteiger partial charge in [-0.3, -0.25) is 14.7 Å². The summed E-state index contributed by atoms with van der Waals surface area (Å²) in [4.78, 5) is 32.8. The topological polar surface area (TPSA) is 152 Å². The average Bonchev–Trinajstić information content (AvgIpc) is 3.11. The lowest BCUT2D eigenvalue weighted by molar-refractivity contribution is 0.0941. The van der Waals surface area contributed by atoms with Gasteiger partial charge in [-0.1, -0.05) is 18.2 Å². The smallest absolute Gasteiger partial charge is 0.290 e. The van der Waals surface area contributed by atoms with Crippen LogP contribution in [0, 0.1) is 6.92 Å². The molecular weight excluding hydrogens is 446 g/mol. The van der Waals surface area contributed by atoms with E-state index in [1.807, 2.05) is 0 Å². The van der Waals surface area contributed by atoms with Crippen LogP contribution in [-0.4, -0.2) is 34.1 Å². The number of azo groups is 1. The minimum absolute atomic E-state index is 0.0254. The highest BCUT2D eigenvalue weighted by Crippen LogP contribution is 2.21. The van der Waals surface area contributed by atoms with Crippen molar-refractivity contribution in [3.8, 4) is 0 Å². The Morgan fingerprint density at radius 2 is 1.64 bits per heavy atom. The van der Waals surface area contributed by atoms with Crippen LogP contribution in [0.1, 0.15) is 16.1 Å². The largest absolute Gasteiger partial charge is 0.302 e.